The Hall–Kier alpha value is -2.74. The summed E-state index contributed by atoms with van der Waals surface area (Å²) in [6, 6.07) is 10.8. The molecule has 23 heavy (non-hydrogen) atoms. The van der Waals surface area contributed by atoms with E-state index in [1.165, 1.54) is 18.2 Å². The number of rotatable bonds is 5. The molecular formula is C15H12BrN3O4. The van der Waals surface area contributed by atoms with Crippen LogP contribution in [0, 0.1) is 10.1 Å². The van der Waals surface area contributed by atoms with Crippen LogP contribution in [0.5, 0.6) is 5.75 Å². The van der Waals surface area contributed by atoms with Gasteiger partial charge in [-0.15, -0.1) is 0 Å². The average Bonchev–Trinajstić information content (AvgIpc) is 2.49. The van der Waals surface area contributed by atoms with Gasteiger partial charge >= 0.3 is 0 Å². The van der Waals surface area contributed by atoms with E-state index in [1.54, 1.807) is 12.1 Å². The van der Waals surface area contributed by atoms with Gasteiger partial charge in [-0.05, 0) is 29.8 Å². The van der Waals surface area contributed by atoms with Gasteiger partial charge in [-0.1, -0.05) is 28.1 Å². The zero-order chi connectivity index (χ0) is 16.8. The molecule has 0 aromatic heterocycles. The number of hydrazone groups is 1. The van der Waals surface area contributed by atoms with Gasteiger partial charge in [-0.25, -0.2) is 5.43 Å². The number of nitro benzene ring substituents is 1. The number of carbonyl (C=O) groups is 1. The number of hydrogen-bond acceptors (Lipinski definition) is 5. The molecule has 7 nitrogen and oxygen atoms in total. The molecule has 0 spiro atoms. The van der Waals surface area contributed by atoms with Crippen molar-refractivity contribution in [2.45, 2.75) is 6.42 Å². The number of nitrogens with zero attached hydrogens (tertiary/aromatic N) is 2. The summed E-state index contributed by atoms with van der Waals surface area (Å²) in [5, 5.41) is 23.9. The molecule has 0 saturated carbocycles. The number of phenols is 1. The van der Waals surface area contributed by atoms with Gasteiger partial charge in [0.15, 0.2) is 0 Å². The van der Waals surface area contributed by atoms with Crippen LogP contribution in [-0.2, 0) is 11.2 Å². The second-order valence-corrected chi connectivity index (χ2v) is 5.51. The molecule has 0 aliphatic carbocycles. The maximum Gasteiger partial charge on any atom is 0.278 e. The van der Waals surface area contributed by atoms with Crippen molar-refractivity contribution < 1.29 is 14.8 Å². The summed E-state index contributed by atoms with van der Waals surface area (Å²) in [6.45, 7) is 0. The van der Waals surface area contributed by atoms with E-state index >= 15 is 0 Å². The molecule has 0 fully saturated rings. The quantitative estimate of drug-likeness (QED) is 0.474. The van der Waals surface area contributed by atoms with Crippen LogP contribution >= 0.6 is 15.9 Å². The number of halogens is 1. The van der Waals surface area contributed by atoms with Crippen LogP contribution < -0.4 is 5.43 Å². The number of nitrogens with one attached hydrogen (secondary N) is 1. The van der Waals surface area contributed by atoms with Crippen LogP contribution in [0.25, 0.3) is 0 Å². The number of hydrogen-bond donors (Lipinski definition) is 2. The Morgan fingerprint density at radius 1 is 1.30 bits per heavy atom. The van der Waals surface area contributed by atoms with Gasteiger partial charge in [0.1, 0.15) is 5.75 Å². The zero-order valence-electron chi connectivity index (χ0n) is 11.8. The van der Waals surface area contributed by atoms with E-state index in [9.17, 15) is 20.0 Å². The molecule has 2 aromatic rings. The van der Waals surface area contributed by atoms with Crippen molar-refractivity contribution in [3.8, 4) is 5.75 Å². The molecule has 0 bridgehead atoms. The minimum atomic E-state index is -0.593. The van der Waals surface area contributed by atoms with Crippen molar-refractivity contribution in [2.24, 2.45) is 5.10 Å². The molecule has 2 rings (SSSR count). The molecule has 0 unspecified atom stereocenters. The van der Waals surface area contributed by atoms with E-state index in [0.717, 1.165) is 16.3 Å². The fourth-order valence-electron chi connectivity index (χ4n) is 1.81. The van der Waals surface area contributed by atoms with Crippen molar-refractivity contribution in [1.29, 1.82) is 0 Å². The molecule has 0 atom stereocenters. The monoisotopic (exact) mass is 377 g/mol. The number of amides is 1. The molecule has 2 aromatic carbocycles. The SMILES string of the molecule is O=C(Cc1ccc(Br)cc1)N/N=C\c1cc(O)ccc1[N+](=O)[O-]. The summed E-state index contributed by atoms with van der Waals surface area (Å²) in [5.41, 5.74) is 2.99. The van der Waals surface area contributed by atoms with Gasteiger partial charge in [0.05, 0.1) is 23.1 Å². The highest BCUT2D eigenvalue weighted by molar-refractivity contribution is 9.10. The first-order valence-corrected chi connectivity index (χ1v) is 7.29. The second kappa shape index (κ2) is 7.50. The number of nitro groups is 1. The van der Waals surface area contributed by atoms with Crippen LogP contribution in [0.2, 0.25) is 0 Å². The summed E-state index contributed by atoms with van der Waals surface area (Å²) in [7, 11) is 0. The Morgan fingerprint density at radius 3 is 2.65 bits per heavy atom. The van der Waals surface area contributed by atoms with Crippen LogP contribution in [0.4, 0.5) is 5.69 Å². The van der Waals surface area contributed by atoms with E-state index in [0.29, 0.717) is 0 Å². The van der Waals surface area contributed by atoms with Gasteiger partial charge in [0.25, 0.3) is 5.69 Å². The van der Waals surface area contributed by atoms with E-state index in [2.05, 4.69) is 26.5 Å². The topological polar surface area (TPSA) is 105 Å². The van der Waals surface area contributed by atoms with E-state index < -0.39 is 4.92 Å². The predicted octanol–water partition coefficient (Wildman–Crippen LogP) is 2.76. The second-order valence-electron chi connectivity index (χ2n) is 4.60. The number of phenolic OH excluding ortho intramolecular Hbond substituents is 1. The zero-order valence-corrected chi connectivity index (χ0v) is 13.4. The van der Waals surface area contributed by atoms with Crippen LogP contribution in [0.15, 0.2) is 52.0 Å². The van der Waals surface area contributed by atoms with Gasteiger partial charge in [0.2, 0.25) is 5.91 Å². The maximum atomic E-state index is 11.8. The lowest BCUT2D eigenvalue weighted by molar-refractivity contribution is -0.385. The fraction of sp³-hybridized carbons (Fsp3) is 0.0667. The molecule has 0 heterocycles. The lowest BCUT2D eigenvalue weighted by Crippen LogP contribution is -2.19. The van der Waals surface area contributed by atoms with Crippen molar-refractivity contribution in [1.82, 2.24) is 5.43 Å². The molecule has 118 valence electrons. The Bertz CT molecular complexity index is 760. The number of aromatic hydroxyl groups is 1. The first-order chi connectivity index (χ1) is 11.0. The third-order valence-corrected chi connectivity index (χ3v) is 3.41. The van der Waals surface area contributed by atoms with Gasteiger partial charge in [0, 0.05) is 10.5 Å². The average molecular weight is 378 g/mol. The van der Waals surface area contributed by atoms with Crippen molar-refractivity contribution in [2.75, 3.05) is 0 Å². The summed E-state index contributed by atoms with van der Waals surface area (Å²) in [5.74, 6) is -0.482. The molecule has 0 aliphatic rings. The van der Waals surface area contributed by atoms with Crippen molar-refractivity contribution in [3.05, 3.63) is 68.2 Å². The summed E-state index contributed by atoms with van der Waals surface area (Å²) in [6.07, 6.45) is 1.25. The van der Waals surface area contributed by atoms with E-state index in [-0.39, 0.29) is 29.3 Å². The van der Waals surface area contributed by atoms with Gasteiger partial charge < -0.3 is 5.11 Å². The minimum Gasteiger partial charge on any atom is -0.508 e. The highest BCUT2D eigenvalue weighted by Crippen LogP contribution is 2.21. The first kappa shape index (κ1) is 16.6. The Labute approximate surface area is 139 Å². The molecule has 0 radical (unpaired) electrons. The fourth-order valence-corrected chi connectivity index (χ4v) is 2.08. The van der Waals surface area contributed by atoms with Gasteiger partial charge in [-0.3, -0.25) is 14.9 Å². The minimum absolute atomic E-state index is 0.0962. The smallest absolute Gasteiger partial charge is 0.278 e. The third-order valence-electron chi connectivity index (χ3n) is 2.88. The highest BCUT2D eigenvalue weighted by Gasteiger charge is 2.12. The van der Waals surface area contributed by atoms with Crippen LogP contribution in [-0.4, -0.2) is 22.2 Å². The third kappa shape index (κ3) is 4.89. The van der Waals surface area contributed by atoms with E-state index in [1.807, 2.05) is 12.1 Å². The molecule has 8 heteroatoms. The molecule has 2 N–H and O–H groups in total. The molecule has 1 amide bonds. The lowest BCUT2D eigenvalue weighted by Gasteiger charge is -2.01. The lowest BCUT2D eigenvalue weighted by atomic mass is 10.1. The first-order valence-electron chi connectivity index (χ1n) is 6.49. The summed E-state index contributed by atoms with van der Waals surface area (Å²) in [4.78, 5) is 22.0. The Balaban J connectivity index is 2.01. The largest absolute Gasteiger partial charge is 0.508 e. The molecular weight excluding hydrogens is 366 g/mol. The highest BCUT2D eigenvalue weighted by atomic mass is 79.9. The van der Waals surface area contributed by atoms with Gasteiger partial charge in [-0.2, -0.15) is 5.10 Å². The predicted molar refractivity (Wildman–Crippen MR) is 88.3 cm³/mol. The van der Waals surface area contributed by atoms with E-state index in [4.69, 9.17) is 0 Å². The molecule has 0 saturated heterocycles. The summed E-state index contributed by atoms with van der Waals surface area (Å²) < 4.78 is 0.913. The summed E-state index contributed by atoms with van der Waals surface area (Å²) >= 11 is 3.30. The van der Waals surface area contributed by atoms with Crippen molar-refractivity contribution in [3.63, 3.8) is 0 Å². The maximum absolute atomic E-state index is 11.8. The Morgan fingerprint density at radius 2 is 2.00 bits per heavy atom. The Kier molecular flexibility index (Phi) is 5.42. The molecule has 0 aliphatic heterocycles. The number of benzene rings is 2. The number of carbonyl (C=O) groups excluding carboxylic acids is 1. The normalized spacial score (nSPS) is 10.7. The van der Waals surface area contributed by atoms with Crippen LogP contribution in [0.1, 0.15) is 11.1 Å². The van der Waals surface area contributed by atoms with Crippen molar-refractivity contribution >= 4 is 33.7 Å². The standard InChI is InChI=1S/C15H12BrN3O4/c16-12-3-1-10(2-4-12)7-15(21)18-17-9-11-8-13(20)5-6-14(11)19(22)23/h1-6,8-9,20H,7H2,(H,18,21)/b17-9-. The van der Waals surface area contributed by atoms with Crippen LogP contribution in [0.3, 0.4) is 0 Å².